The molecule has 3 N–H and O–H groups in total. The standard InChI is InChI=1S/C3H3N7O/c4-3-5-2(11)1-6-8-9-10(1)7-3/h(H3,4,5,7,11). The van der Waals surface area contributed by atoms with E-state index in [1.54, 1.807) is 0 Å². The van der Waals surface area contributed by atoms with Crippen LogP contribution in [0.2, 0.25) is 0 Å². The molecule has 2 rings (SSSR count). The maximum Gasteiger partial charge on any atom is 0.299 e. The predicted octanol–water partition coefficient (Wildman–Crippen LogP) is -2.21. The molecule has 11 heavy (non-hydrogen) atoms. The van der Waals surface area contributed by atoms with Crippen molar-refractivity contribution in [1.29, 1.82) is 0 Å². The molecule has 2 heterocycles. The van der Waals surface area contributed by atoms with Gasteiger partial charge in [0.1, 0.15) is 0 Å². The Morgan fingerprint density at radius 3 is 3.18 bits per heavy atom. The van der Waals surface area contributed by atoms with Crippen LogP contribution in [-0.4, -0.2) is 30.2 Å². The average Bonchev–Trinajstić information content (AvgIpc) is 2.34. The molecule has 8 heteroatoms. The lowest BCUT2D eigenvalue weighted by atomic mass is 10.8. The zero-order valence-electron chi connectivity index (χ0n) is 5.22. The first-order valence-electron chi connectivity index (χ1n) is 2.71. The number of nitrogens with one attached hydrogen (secondary N) is 1. The SMILES string of the molecule is Nc1nn2nnnc2c(=O)[nH]1. The second kappa shape index (κ2) is 1.75. The maximum atomic E-state index is 10.9. The molecule has 0 atom stereocenters. The topological polar surface area (TPSA) is 115 Å². The van der Waals surface area contributed by atoms with Gasteiger partial charge in [-0.25, -0.2) is 0 Å². The van der Waals surface area contributed by atoms with Gasteiger partial charge in [0.15, 0.2) is 0 Å². The Kier molecular flexibility index (Phi) is 0.916. The first-order chi connectivity index (χ1) is 5.27. The molecule has 8 nitrogen and oxygen atoms in total. The van der Waals surface area contributed by atoms with Crippen molar-refractivity contribution in [3.05, 3.63) is 10.4 Å². The Hall–Kier alpha value is -1.99. The molecule has 2 aromatic rings. The molecular weight excluding hydrogens is 150 g/mol. The molecular formula is C3H3N7O. The normalized spacial score (nSPS) is 10.5. The number of hydrogen-bond acceptors (Lipinski definition) is 6. The zero-order valence-corrected chi connectivity index (χ0v) is 5.22. The average molecular weight is 153 g/mol. The molecule has 2 aromatic heterocycles. The van der Waals surface area contributed by atoms with Crippen LogP contribution < -0.4 is 11.3 Å². The minimum atomic E-state index is -0.456. The summed E-state index contributed by atoms with van der Waals surface area (Å²) >= 11 is 0. The van der Waals surface area contributed by atoms with Gasteiger partial charge in [-0.3, -0.25) is 9.78 Å². The summed E-state index contributed by atoms with van der Waals surface area (Å²) in [7, 11) is 0. The van der Waals surface area contributed by atoms with Gasteiger partial charge in [0.25, 0.3) is 11.2 Å². The summed E-state index contributed by atoms with van der Waals surface area (Å²) in [6.45, 7) is 0. The van der Waals surface area contributed by atoms with Crippen LogP contribution in [0.4, 0.5) is 5.95 Å². The van der Waals surface area contributed by atoms with Crippen molar-refractivity contribution < 1.29 is 0 Å². The third kappa shape index (κ3) is 0.723. The molecule has 0 unspecified atom stereocenters. The molecule has 0 saturated heterocycles. The molecule has 0 saturated carbocycles. The Bertz CT molecular complexity index is 440. The molecule has 0 bridgehead atoms. The van der Waals surface area contributed by atoms with Crippen molar-refractivity contribution in [1.82, 2.24) is 30.2 Å². The van der Waals surface area contributed by atoms with Gasteiger partial charge >= 0.3 is 0 Å². The highest BCUT2D eigenvalue weighted by atomic mass is 16.1. The number of tetrazole rings is 1. The van der Waals surface area contributed by atoms with Gasteiger partial charge in [0.2, 0.25) is 5.95 Å². The van der Waals surface area contributed by atoms with E-state index in [2.05, 4.69) is 25.6 Å². The summed E-state index contributed by atoms with van der Waals surface area (Å²) in [5.41, 5.74) is 4.77. The smallest absolute Gasteiger partial charge is 0.299 e. The Labute approximate surface area is 59.0 Å². The molecule has 56 valence electrons. The van der Waals surface area contributed by atoms with Crippen molar-refractivity contribution in [2.24, 2.45) is 0 Å². The van der Waals surface area contributed by atoms with E-state index in [0.29, 0.717) is 0 Å². The van der Waals surface area contributed by atoms with Gasteiger partial charge in [0, 0.05) is 0 Å². The van der Waals surface area contributed by atoms with Crippen LogP contribution in [0.15, 0.2) is 4.79 Å². The first-order valence-corrected chi connectivity index (χ1v) is 2.71. The van der Waals surface area contributed by atoms with E-state index in [-0.39, 0.29) is 11.6 Å². The van der Waals surface area contributed by atoms with Crippen LogP contribution >= 0.6 is 0 Å². The van der Waals surface area contributed by atoms with E-state index in [1.165, 1.54) is 0 Å². The molecule has 0 aliphatic heterocycles. The Morgan fingerprint density at radius 2 is 2.36 bits per heavy atom. The monoisotopic (exact) mass is 153 g/mol. The second-order valence-electron chi connectivity index (χ2n) is 1.83. The summed E-state index contributed by atoms with van der Waals surface area (Å²) < 4.78 is 0.966. The second-order valence-corrected chi connectivity index (χ2v) is 1.83. The highest BCUT2D eigenvalue weighted by molar-refractivity contribution is 5.31. The molecule has 0 fully saturated rings. The quantitative estimate of drug-likeness (QED) is 0.443. The van der Waals surface area contributed by atoms with Crippen molar-refractivity contribution in [3.8, 4) is 0 Å². The number of nitrogen functional groups attached to an aromatic ring is 1. The fourth-order valence-electron chi connectivity index (χ4n) is 0.685. The van der Waals surface area contributed by atoms with E-state index >= 15 is 0 Å². The minimum Gasteiger partial charge on any atom is -0.368 e. The van der Waals surface area contributed by atoms with Crippen LogP contribution in [0.25, 0.3) is 5.65 Å². The van der Waals surface area contributed by atoms with E-state index in [0.717, 1.165) is 4.63 Å². The van der Waals surface area contributed by atoms with E-state index in [9.17, 15) is 4.79 Å². The molecule has 0 aliphatic carbocycles. The highest BCUT2D eigenvalue weighted by Gasteiger charge is 2.02. The van der Waals surface area contributed by atoms with Gasteiger partial charge < -0.3 is 5.73 Å². The lowest BCUT2D eigenvalue weighted by molar-refractivity contribution is 0.726. The molecule has 0 aromatic carbocycles. The fraction of sp³-hybridized carbons (Fsp3) is 0. The number of nitrogens with two attached hydrogens (primary N) is 1. The van der Waals surface area contributed by atoms with Crippen molar-refractivity contribution >= 4 is 11.6 Å². The van der Waals surface area contributed by atoms with Gasteiger partial charge in [-0.15, -0.1) is 14.8 Å². The summed E-state index contributed by atoms with van der Waals surface area (Å²) in [4.78, 5) is 13.2. The molecule has 0 amide bonds. The van der Waals surface area contributed by atoms with E-state index in [1.807, 2.05) is 0 Å². The number of aromatic nitrogens is 6. The van der Waals surface area contributed by atoms with E-state index < -0.39 is 5.56 Å². The summed E-state index contributed by atoms with van der Waals surface area (Å²) in [6, 6.07) is 0. The Morgan fingerprint density at radius 1 is 1.55 bits per heavy atom. The fourth-order valence-corrected chi connectivity index (χ4v) is 0.685. The van der Waals surface area contributed by atoms with Gasteiger partial charge in [-0.2, -0.15) is 0 Å². The van der Waals surface area contributed by atoms with Crippen molar-refractivity contribution in [2.75, 3.05) is 5.73 Å². The largest absolute Gasteiger partial charge is 0.368 e. The van der Waals surface area contributed by atoms with Gasteiger partial charge in [-0.05, 0) is 10.4 Å². The lowest BCUT2D eigenvalue weighted by Gasteiger charge is -1.89. The number of nitrogens with zero attached hydrogens (tertiary/aromatic N) is 5. The number of hydrogen-bond donors (Lipinski definition) is 2. The third-order valence-electron chi connectivity index (χ3n) is 1.10. The molecule has 0 radical (unpaired) electrons. The third-order valence-corrected chi connectivity index (χ3v) is 1.10. The summed E-state index contributed by atoms with van der Waals surface area (Å²) in [5, 5.41) is 13.6. The molecule has 0 aliphatic rings. The van der Waals surface area contributed by atoms with Crippen LogP contribution in [0.3, 0.4) is 0 Å². The highest BCUT2D eigenvalue weighted by Crippen LogP contribution is 1.84. The summed E-state index contributed by atoms with van der Waals surface area (Å²) in [5.74, 6) is -0.0187. The zero-order chi connectivity index (χ0) is 7.84. The maximum absolute atomic E-state index is 10.9. The van der Waals surface area contributed by atoms with Crippen LogP contribution in [0.1, 0.15) is 0 Å². The first kappa shape index (κ1) is 5.77. The van der Waals surface area contributed by atoms with Gasteiger partial charge in [-0.1, -0.05) is 0 Å². The lowest BCUT2D eigenvalue weighted by Crippen LogP contribution is -2.16. The number of aromatic amines is 1. The number of anilines is 1. The predicted molar refractivity (Wildman–Crippen MR) is 33.6 cm³/mol. The van der Waals surface area contributed by atoms with Crippen LogP contribution in [-0.2, 0) is 0 Å². The van der Waals surface area contributed by atoms with Gasteiger partial charge in [0.05, 0.1) is 0 Å². The number of H-pyrrole nitrogens is 1. The van der Waals surface area contributed by atoms with E-state index in [4.69, 9.17) is 5.73 Å². The number of fused-ring (bicyclic) bond motifs is 1. The van der Waals surface area contributed by atoms with Crippen molar-refractivity contribution in [3.63, 3.8) is 0 Å². The van der Waals surface area contributed by atoms with Crippen molar-refractivity contribution in [2.45, 2.75) is 0 Å². The number of rotatable bonds is 0. The summed E-state index contributed by atoms with van der Waals surface area (Å²) in [6.07, 6.45) is 0. The Balaban J connectivity index is 3.02. The van der Waals surface area contributed by atoms with Crippen LogP contribution in [0.5, 0.6) is 0 Å². The minimum absolute atomic E-state index is 0.0187. The van der Waals surface area contributed by atoms with Crippen LogP contribution in [0, 0.1) is 0 Å². The molecule has 0 spiro atoms.